The first kappa shape index (κ1) is 17.0. The SMILES string of the molecule is CC(C)c1ccc([C@@H](C)NC(=O)C2CC(=O)NC(C3CC3)N2)cc1. The Morgan fingerprint density at radius 1 is 1.12 bits per heavy atom. The summed E-state index contributed by atoms with van der Waals surface area (Å²) in [6.45, 7) is 6.30. The lowest BCUT2D eigenvalue weighted by Crippen LogP contribution is -2.61. The third kappa shape index (κ3) is 3.96. The Morgan fingerprint density at radius 3 is 2.33 bits per heavy atom. The Hall–Kier alpha value is -1.88. The molecule has 1 aromatic rings. The zero-order valence-corrected chi connectivity index (χ0v) is 14.6. The smallest absolute Gasteiger partial charge is 0.238 e. The van der Waals surface area contributed by atoms with E-state index in [1.54, 1.807) is 0 Å². The van der Waals surface area contributed by atoms with E-state index in [9.17, 15) is 9.59 Å². The van der Waals surface area contributed by atoms with E-state index in [0.29, 0.717) is 11.8 Å². The molecule has 0 bridgehead atoms. The summed E-state index contributed by atoms with van der Waals surface area (Å²) in [6, 6.07) is 7.82. The number of amides is 2. The minimum Gasteiger partial charge on any atom is -0.348 e. The van der Waals surface area contributed by atoms with E-state index in [-0.39, 0.29) is 30.4 Å². The Morgan fingerprint density at radius 2 is 1.75 bits per heavy atom. The maximum Gasteiger partial charge on any atom is 0.238 e. The van der Waals surface area contributed by atoms with Crippen molar-refractivity contribution in [1.29, 1.82) is 0 Å². The molecule has 5 heteroatoms. The highest BCUT2D eigenvalue weighted by atomic mass is 16.2. The van der Waals surface area contributed by atoms with E-state index in [1.165, 1.54) is 5.56 Å². The van der Waals surface area contributed by atoms with E-state index in [2.05, 4.69) is 54.1 Å². The first-order chi connectivity index (χ1) is 11.4. The standard InChI is InChI=1S/C19H27N3O2/c1-11(2)13-4-6-14(7-5-13)12(3)20-19(24)16-10-17(23)22-18(21-16)15-8-9-15/h4-7,11-12,15-16,18,21H,8-10H2,1-3H3,(H,20,24)(H,22,23)/t12-,16?,18?/m1/s1. The fourth-order valence-corrected chi connectivity index (χ4v) is 3.15. The molecule has 1 saturated carbocycles. The van der Waals surface area contributed by atoms with Crippen molar-refractivity contribution in [3.8, 4) is 0 Å². The van der Waals surface area contributed by atoms with E-state index in [4.69, 9.17) is 0 Å². The molecule has 24 heavy (non-hydrogen) atoms. The molecule has 1 aliphatic carbocycles. The molecule has 130 valence electrons. The summed E-state index contributed by atoms with van der Waals surface area (Å²) in [4.78, 5) is 24.4. The molecule has 3 atom stereocenters. The summed E-state index contributed by atoms with van der Waals surface area (Å²) >= 11 is 0. The molecule has 1 heterocycles. The van der Waals surface area contributed by atoms with Gasteiger partial charge in [0.15, 0.2) is 0 Å². The van der Waals surface area contributed by atoms with Gasteiger partial charge in [-0.15, -0.1) is 0 Å². The van der Waals surface area contributed by atoms with Crippen LogP contribution in [0.1, 0.15) is 63.1 Å². The summed E-state index contributed by atoms with van der Waals surface area (Å²) in [5.41, 5.74) is 2.36. The van der Waals surface area contributed by atoms with Gasteiger partial charge in [-0.1, -0.05) is 38.1 Å². The minimum atomic E-state index is -0.443. The molecule has 5 nitrogen and oxygen atoms in total. The van der Waals surface area contributed by atoms with Gasteiger partial charge in [0, 0.05) is 0 Å². The van der Waals surface area contributed by atoms with Crippen molar-refractivity contribution in [3.63, 3.8) is 0 Å². The molecule has 2 amide bonds. The molecule has 0 aromatic heterocycles. The summed E-state index contributed by atoms with van der Waals surface area (Å²) < 4.78 is 0. The first-order valence-electron chi connectivity index (χ1n) is 8.89. The second-order valence-electron chi connectivity index (χ2n) is 7.36. The second kappa shape index (κ2) is 6.93. The van der Waals surface area contributed by atoms with Crippen LogP contribution in [-0.4, -0.2) is 24.0 Å². The van der Waals surface area contributed by atoms with Crippen LogP contribution >= 0.6 is 0 Å². The normalized spacial score (nSPS) is 25.2. The van der Waals surface area contributed by atoms with Crippen molar-refractivity contribution in [1.82, 2.24) is 16.0 Å². The van der Waals surface area contributed by atoms with Crippen LogP contribution in [0.15, 0.2) is 24.3 Å². The zero-order chi connectivity index (χ0) is 17.3. The van der Waals surface area contributed by atoms with E-state index in [1.807, 2.05) is 6.92 Å². The van der Waals surface area contributed by atoms with Crippen LogP contribution in [0.5, 0.6) is 0 Å². The topological polar surface area (TPSA) is 70.2 Å². The molecule has 2 aliphatic rings. The van der Waals surface area contributed by atoms with Crippen molar-refractivity contribution < 1.29 is 9.59 Å². The fraction of sp³-hybridized carbons (Fsp3) is 0.579. The van der Waals surface area contributed by atoms with Crippen LogP contribution in [0.25, 0.3) is 0 Å². The van der Waals surface area contributed by atoms with Gasteiger partial charge in [-0.3, -0.25) is 14.9 Å². The molecular formula is C19H27N3O2. The van der Waals surface area contributed by atoms with Crippen LogP contribution in [0.3, 0.4) is 0 Å². The number of benzene rings is 1. The lowest BCUT2D eigenvalue weighted by Gasteiger charge is -2.31. The van der Waals surface area contributed by atoms with Crippen LogP contribution in [0.2, 0.25) is 0 Å². The molecule has 1 saturated heterocycles. The van der Waals surface area contributed by atoms with Gasteiger partial charge in [0.05, 0.1) is 24.7 Å². The van der Waals surface area contributed by atoms with Crippen molar-refractivity contribution in [3.05, 3.63) is 35.4 Å². The predicted octanol–water partition coefficient (Wildman–Crippen LogP) is 2.20. The number of rotatable bonds is 5. The van der Waals surface area contributed by atoms with Gasteiger partial charge in [-0.2, -0.15) is 0 Å². The molecule has 1 aromatic carbocycles. The maximum absolute atomic E-state index is 12.5. The number of nitrogens with one attached hydrogen (secondary N) is 3. The van der Waals surface area contributed by atoms with Crippen LogP contribution in [0, 0.1) is 5.92 Å². The van der Waals surface area contributed by atoms with Gasteiger partial charge in [0.25, 0.3) is 0 Å². The number of carbonyl (C=O) groups is 2. The number of carbonyl (C=O) groups excluding carboxylic acids is 2. The minimum absolute atomic E-state index is 0.0419. The predicted molar refractivity (Wildman–Crippen MR) is 93.3 cm³/mol. The van der Waals surface area contributed by atoms with Crippen molar-refractivity contribution in [2.24, 2.45) is 5.92 Å². The Kier molecular flexibility index (Phi) is 4.90. The molecule has 3 N–H and O–H groups in total. The van der Waals surface area contributed by atoms with Crippen LogP contribution in [-0.2, 0) is 9.59 Å². The van der Waals surface area contributed by atoms with Gasteiger partial charge >= 0.3 is 0 Å². The van der Waals surface area contributed by atoms with E-state index >= 15 is 0 Å². The van der Waals surface area contributed by atoms with Gasteiger partial charge < -0.3 is 10.6 Å². The van der Waals surface area contributed by atoms with E-state index in [0.717, 1.165) is 18.4 Å². The van der Waals surface area contributed by atoms with Gasteiger partial charge in [0.1, 0.15) is 0 Å². The number of hydrogen-bond acceptors (Lipinski definition) is 3. The quantitative estimate of drug-likeness (QED) is 0.775. The fourth-order valence-electron chi connectivity index (χ4n) is 3.15. The highest BCUT2D eigenvalue weighted by Gasteiger charge is 2.39. The Labute approximate surface area is 143 Å². The molecule has 0 spiro atoms. The Bertz CT molecular complexity index is 608. The summed E-state index contributed by atoms with van der Waals surface area (Å²) in [7, 11) is 0. The molecular weight excluding hydrogens is 302 g/mol. The third-order valence-electron chi connectivity index (χ3n) is 4.96. The zero-order valence-electron chi connectivity index (χ0n) is 14.6. The molecule has 0 radical (unpaired) electrons. The van der Waals surface area contributed by atoms with Crippen LogP contribution in [0.4, 0.5) is 0 Å². The largest absolute Gasteiger partial charge is 0.348 e. The molecule has 1 aliphatic heterocycles. The van der Waals surface area contributed by atoms with Crippen LogP contribution < -0.4 is 16.0 Å². The molecule has 2 unspecified atom stereocenters. The summed E-state index contributed by atoms with van der Waals surface area (Å²) in [5.74, 6) is 0.828. The number of hydrogen-bond donors (Lipinski definition) is 3. The Balaban J connectivity index is 1.59. The average Bonchev–Trinajstić information content (AvgIpc) is 3.39. The lowest BCUT2D eigenvalue weighted by atomic mass is 9.99. The van der Waals surface area contributed by atoms with Gasteiger partial charge in [-0.05, 0) is 42.7 Å². The molecule has 2 fully saturated rings. The van der Waals surface area contributed by atoms with Gasteiger partial charge in [-0.25, -0.2) is 0 Å². The van der Waals surface area contributed by atoms with E-state index < -0.39 is 6.04 Å². The summed E-state index contributed by atoms with van der Waals surface area (Å²) in [6.07, 6.45) is 2.38. The average molecular weight is 329 g/mol. The second-order valence-corrected chi connectivity index (χ2v) is 7.36. The highest BCUT2D eigenvalue weighted by molar-refractivity contribution is 5.89. The monoisotopic (exact) mass is 329 g/mol. The maximum atomic E-state index is 12.5. The third-order valence-corrected chi connectivity index (χ3v) is 4.96. The highest BCUT2D eigenvalue weighted by Crippen LogP contribution is 2.32. The van der Waals surface area contributed by atoms with Crippen molar-refractivity contribution in [2.75, 3.05) is 0 Å². The van der Waals surface area contributed by atoms with Gasteiger partial charge in [0.2, 0.25) is 11.8 Å². The van der Waals surface area contributed by atoms with Crippen molar-refractivity contribution >= 4 is 11.8 Å². The first-order valence-corrected chi connectivity index (χ1v) is 8.89. The lowest BCUT2D eigenvalue weighted by molar-refractivity contribution is -0.132. The molecule has 3 rings (SSSR count). The van der Waals surface area contributed by atoms with Crippen molar-refractivity contribution in [2.45, 2.75) is 64.2 Å². The summed E-state index contributed by atoms with van der Waals surface area (Å²) in [5, 5.41) is 9.25.